The van der Waals surface area contributed by atoms with Crippen LogP contribution >= 0.6 is 0 Å². The minimum absolute atomic E-state index is 0.153. The lowest BCUT2D eigenvalue weighted by Crippen LogP contribution is -3.14. The van der Waals surface area contributed by atoms with Crippen molar-refractivity contribution in [3.05, 3.63) is 34.2 Å². The van der Waals surface area contributed by atoms with Crippen LogP contribution in [-0.4, -0.2) is 24.2 Å². The Labute approximate surface area is 113 Å². The van der Waals surface area contributed by atoms with Crippen molar-refractivity contribution < 1.29 is 4.90 Å². The van der Waals surface area contributed by atoms with Gasteiger partial charge in [-0.15, -0.1) is 0 Å². The van der Waals surface area contributed by atoms with Gasteiger partial charge in [0.25, 0.3) is 5.56 Å². The number of nitriles is 1. The van der Waals surface area contributed by atoms with Gasteiger partial charge >= 0.3 is 0 Å². The number of unbranched alkanes of at least 4 members (excludes halogenated alkanes) is 1. The van der Waals surface area contributed by atoms with Crippen molar-refractivity contribution in [2.24, 2.45) is 5.92 Å². The average Bonchev–Trinajstić information content (AvgIpc) is 2.40. The highest BCUT2D eigenvalue weighted by Crippen LogP contribution is 2.29. The van der Waals surface area contributed by atoms with E-state index in [2.05, 4.69) is 12.1 Å². The zero-order chi connectivity index (χ0) is 13.2. The van der Waals surface area contributed by atoms with Crippen molar-refractivity contribution in [1.82, 2.24) is 4.57 Å². The van der Waals surface area contributed by atoms with Crippen LogP contribution < -0.4 is 10.5 Å². The van der Waals surface area contributed by atoms with Crippen molar-refractivity contribution in [2.75, 3.05) is 19.6 Å². The molecule has 3 rings (SSSR count). The molecule has 1 fully saturated rings. The number of quaternary nitrogens is 1. The van der Waals surface area contributed by atoms with E-state index in [1.807, 2.05) is 10.6 Å². The molecule has 0 spiro atoms. The Hall–Kier alpha value is -1.60. The SMILES string of the molecule is N#CCCC[NH+]1C[C@@H]2C[C@H](C1)c1cccc(=O)n1C2. The van der Waals surface area contributed by atoms with Crippen LogP contribution in [-0.2, 0) is 6.54 Å². The number of hydrogen-bond acceptors (Lipinski definition) is 2. The fraction of sp³-hybridized carbons (Fsp3) is 0.600. The molecule has 1 aromatic rings. The Balaban J connectivity index is 1.77. The van der Waals surface area contributed by atoms with Gasteiger partial charge in [0.15, 0.2) is 0 Å². The molecule has 1 aromatic heterocycles. The molecule has 1 N–H and O–H groups in total. The minimum atomic E-state index is 0.153. The van der Waals surface area contributed by atoms with Crippen LogP contribution in [0.3, 0.4) is 0 Å². The lowest BCUT2D eigenvalue weighted by molar-refractivity contribution is -0.911. The Bertz CT molecular complexity index is 557. The molecule has 2 bridgehead atoms. The quantitative estimate of drug-likeness (QED) is 0.785. The molecule has 19 heavy (non-hydrogen) atoms. The number of aromatic nitrogens is 1. The highest BCUT2D eigenvalue weighted by molar-refractivity contribution is 5.15. The predicted octanol–water partition coefficient (Wildman–Crippen LogP) is 0.154. The van der Waals surface area contributed by atoms with E-state index in [0.29, 0.717) is 18.3 Å². The van der Waals surface area contributed by atoms with Crippen LogP contribution in [0.5, 0.6) is 0 Å². The number of likely N-dealkylation sites (tertiary alicyclic amines) is 1. The first kappa shape index (κ1) is 12.4. The third-order valence-electron chi connectivity index (χ3n) is 4.49. The van der Waals surface area contributed by atoms with Gasteiger partial charge in [0.05, 0.1) is 25.7 Å². The third kappa shape index (κ3) is 2.43. The molecular formula is C15H20N3O+. The molecule has 3 atom stereocenters. The Morgan fingerprint density at radius 3 is 3.16 bits per heavy atom. The van der Waals surface area contributed by atoms with Gasteiger partial charge in [-0.25, -0.2) is 0 Å². The minimum Gasteiger partial charge on any atom is -0.334 e. The van der Waals surface area contributed by atoms with E-state index in [-0.39, 0.29) is 5.56 Å². The summed E-state index contributed by atoms with van der Waals surface area (Å²) in [5, 5.41) is 8.62. The number of hydrogen-bond donors (Lipinski definition) is 1. The standard InChI is InChI=1S/C15H19N3O/c16-6-1-2-7-17-9-12-8-13(11-17)14-4-3-5-15(19)18(14)10-12/h3-5,12-13H,1-2,7-11H2/p+1/t12-,13+/m0/s1. The first-order valence-corrected chi connectivity index (χ1v) is 7.18. The van der Waals surface area contributed by atoms with E-state index in [0.717, 1.165) is 32.6 Å². The zero-order valence-corrected chi connectivity index (χ0v) is 11.1. The number of fused-ring (bicyclic) bond motifs is 4. The van der Waals surface area contributed by atoms with Crippen LogP contribution in [0.1, 0.15) is 30.9 Å². The number of nitrogens with one attached hydrogen (secondary N) is 1. The second kappa shape index (κ2) is 5.18. The second-order valence-electron chi connectivity index (χ2n) is 5.87. The van der Waals surface area contributed by atoms with Gasteiger partial charge in [0, 0.05) is 43.0 Å². The third-order valence-corrected chi connectivity index (χ3v) is 4.49. The maximum Gasteiger partial charge on any atom is 0.250 e. The summed E-state index contributed by atoms with van der Waals surface area (Å²) >= 11 is 0. The van der Waals surface area contributed by atoms with E-state index in [4.69, 9.17) is 5.26 Å². The van der Waals surface area contributed by atoms with Crippen LogP contribution in [0, 0.1) is 17.2 Å². The Morgan fingerprint density at radius 1 is 1.42 bits per heavy atom. The summed E-state index contributed by atoms with van der Waals surface area (Å²) in [6.45, 7) is 4.25. The van der Waals surface area contributed by atoms with Crippen LogP contribution in [0.25, 0.3) is 0 Å². The summed E-state index contributed by atoms with van der Waals surface area (Å²) in [5.41, 5.74) is 1.38. The molecule has 0 radical (unpaired) electrons. The first-order chi connectivity index (χ1) is 9.28. The summed E-state index contributed by atoms with van der Waals surface area (Å²) in [4.78, 5) is 13.5. The first-order valence-electron chi connectivity index (χ1n) is 7.18. The summed E-state index contributed by atoms with van der Waals surface area (Å²) in [5.74, 6) is 1.15. The smallest absolute Gasteiger partial charge is 0.250 e. The summed E-state index contributed by atoms with van der Waals surface area (Å²) < 4.78 is 1.98. The van der Waals surface area contributed by atoms with Crippen molar-refractivity contribution >= 4 is 0 Å². The zero-order valence-electron chi connectivity index (χ0n) is 11.1. The number of nitrogens with zero attached hydrogens (tertiary/aromatic N) is 2. The predicted molar refractivity (Wildman–Crippen MR) is 72.0 cm³/mol. The van der Waals surface area contributed by atoms with Crippen molar-refractivity contribution in [3.63, 3.8) is 0 Å². The summed E-state index contributed by atoms with van der Waals surface area (Å²) in [6.07, 6.45) is 2.88. The number of piperidine rings is 1. The highest BCUT2D eigenvalue weighted by atomic mass is 16.1. The average molecular weight is 258 g/mol. The monoisotopic (exact) mass is 258 g/mol. The molecule has 1 unspecified atom stereocenters. The van der Waals surface area contributed by atoms with E-state index in [1.165, 1.54) is 12.1 Å². The van der Waals surface area contributed by atoms with Crippen molar-refractivity contribution in [3.8, 4) is 6.07 Å². The summed E-state index contributed by atoms with van der Waals surface area (Å²) in [7, 11) is 0. The van der Waals surface area contributed by atoms with Crippen molar-refractivity contribution in [1.29, 1.82) is 5.26 Å². The summed E-state index contributed by atoms with van der Waals surface area (Å²) in [6, 6.07) is 7.89. The largest absolute Gasteiger partial charge is 0.334 e. The lowest BCUT2D eigenvalue weighted by Gasteiger charge is -2.40. The molecule has 0 aromatic carbocycles. The van der Waals surface area contributed by atoms with Crippen molar-refractivity contribution in [2.45, 2.75) is 31.7 Å². The van der Waals surface area contributed by atoms with Gasteiger partial charge in [-0.1, -0.05) is 6.07 Å². The molecule has 0 saturated carbocycles. The molecule has 2 aliphatic heterocycles. The molecule has 1 saturated heterocycles. The fourth-order valence-electron chi connectivity index (χ4n) is 3.74. The van der Waals surface area contributed by atoms with Gasteiger partial charge in [-0.2, -0.15) is 5.26 Å². The Morgan fingerprint density at radius 2 is 2.32 bits per heavy atom. The van der Waals surface area contributed by atoms with E-state index < -0.39 is 0 Å². The fourth-order valence-corrected chi connectivity index (χ4v) is 3.74. The van der Waals surface area contributed by atoms with Gasteiger partial charge < -0.3 is 9.47 Å². The van der Waals surface area contributed by atoms with Gasteiger partial charge in [-0.05, 0) is 12.5 Å². The Kier molecular flexibility index (Phi) is 3.39. The molecule has 4 nitrogen and oxygen atoms in total. The molecule has 4 heteroatoms. The van der Waals surface area contributed by atoms with E-state index in [1.54, 1.807) is 11.0 Å². The van der Waals surface area contributed by atoms with Crippen LogP contribution in [0.2, 0.25) is 0 Å². The number of pyridine rings is 1. The van der Waals surface area contributed by atoms with Gasteiger partial charge in [0.1, 0.15) is 0 Å². The second-order valence-corrected chi connectivity index (χ2v) is 5.87. The van der Waals surface area contributed by atoms with Gasteiger partial charge in [0.2, 0.25) is 0 Å². The maximum absolute atomic E-state index is 11.9. The topological polar surface area (TPSA) is 50.2 Å². The molecule has 0 amide bonds. The molecule has 100 valence electrons. The van der Waals surface area contributed by atoms with Crippen LogP contribution in [0.15, 0.2) is 23.0 Å². The normalized spacial score (nSPS) is 28.5. The van der Waals surface area contributed by atoms with E-state index >= 15 is 0 Å². The van der Waals surface area contributed by atoms with Crippen LogP contribution in [0.4, 0.5) is 0 Å². The number of rotatable bonds is 3. The van der Waals surface area contributed by atoms with Gasteiger partial charge in [-0.3, -0.25) is 4.79 Å². The molecule has 2 aliphatic rings. The highest BCUT2D eigenvalue weighted by Gasteiger charge is 2.36. The van der Waals surface area contributed by atoms with E-state index in [9.17, 15) is 4.79 Å². The molecule has 3 heterocycles. The molecule has 0 aliphatic carbocycles. The maximum atomic E-state index is 11.9. The lowest BCUT2D eigenvalue weighted by atomic mass is 9.83. The molecular weight excluding hydrogens is 238 g/mol.